The van der Waals surface area contributed by atoms with E-state index in [9.17, 15) is 15.0 Å². The number of para-hydroxylation sites is 1. The van der Waals surface area contributed by atoms with E-state index in [1.165, 1.54) is 6.07 Å². The van der Waals surface area contributed by atoms with Gasteiger partial charge in [0.15, 0.2) is 12.5 Å². The van der Waals surface area contributed by atoms with Gasteiger partial charge in [-0.3, -0.25) is 9.79 Å². The fourth-order valence-electron chi connectivity index (χ4n) is 3.14. The normalized spacial score (nSPS) is 13.4. The topological polar surface area (TPSA) is 94.9 Å². The molecule has 0 aliphatic carbocycles. The van der Waals surface area contributed by atoms with Crippen molar-refractivity contribution >= 4 is 16.6 Å². The zero-order valence-electron chi connectivity index (χ0n) is 16.8. The summed E-state index contributed by atoms with van der Waals surface area (Å²) in [4.78, 5) is 19.3. The van der Waals surface area contributed by atoms with Crippen molar-refractivity contribution in [2.45, 2.75) is 45.8 Å². The number of pyridine rings is 1. The van der Waals surface area contributed by atoms with Crippen LogP contribution in [0.15, 0.2) is 64.4 Å². The molecule has 0 aliphatic rings. The third-order valence-corrected chi connectivity index (χ3v) is 4.55. The lowest BCUT2D eigenvalue weighted by Gasteiger charge is -2.20. The average Bonchev–Trinajstić information content (AvgIpc) is 2.66. The number of hydrogen-bond donors (Lipinski definition) is 3. The summed E-state index contributed by atoms with van der Waals surface area (Å²) in [7, 11) is 0. The molecule has 0 radical (unpaired) electrons. The van der Waals surface area contributed by atoms with Gasteiger partial charge in [-0.1, -0.05) is 48.0 Å². The van der Waals surface area contributed by atoms with E-state index < -0.39 is 12.5 Å². The van der Waals surface area contributed by atoms with Gasteiger partial charge in [-0.15, -0.1) is 0 Å². The van der Waals surface area contributed by atoms with Gasteiger partial charge in [0.05, 0.1) is 11.8 Å². The van der Waals surface area contributed by atoms with Crippen LogP contribution >= 0.6 is 0 Å². The fourth-order valence-corrected chi connectivity index (χ4v) is 3.14. The molecule has 0 fully saturated rings. The van der Waals surface area contributed by atoms with Crippen LogP contribution in [0.25, 0.3) is 10.9 Å². The number of H-pyrrole nitrogens is 1. The third kappa shape index (κ3) is 5.38. The highest BCUT2D eigenvalue weighted by Gasteiger charge is 2.18. The van der Waals surface area contributed by atoms with Crippen LogP contribution in [0.4, 0.5) is 0 Å². The number of aromatic amines is 1. The van der Waals surface area contributed by atoms with Crippen molar-refractivity contribution in [3.63, 3.8) is 0 Å². The number of aryl methyl sites for hydroxylation is 1. The predicted octanol–water partition coefficient (Wildman–Crippen LogP) is 3.25. The second kappa shape index (κ2) is 9.13. The van der Waals surface area contributed by atoms with Gasteiger partial charge in [0.2, 0.25) is 5.56 Å². The summed E-state index contributed by atoms with van der Waals surface area (Å²) >= 11 is 0. The molecule has 1 aromatic heterocycles. The summed E-state index contributed by atoms with van der Waals surface area (Å²) in [6, 6.07) is 16.6. The molecule has 2 aromatic carbocycles. The first-order valence-corrected chi connectivity index (χ1v) is 9.59. The Balaban J connectivity index is 2.02. The maximum Gasteiger partial charge on any atom is 0.248 e. The summed E-state index contributed by atoms with van der Waals surface area (Å²) in [5, 5.41) is 20.8. The Kier molecular flexibility index (Phi) is 6.59. The highest BCUT2D eigenvalue weighted by atomic mass is 16.5. The predicted molar refractivity (Wildman–Crippen MR) is 114 cm³/mol. The van der Waals surface area contributed by atoms with E-state index in [1.807, 2.05) is 69.3 Å². The number of ether oxygens (including phenoxy) is 1. The second-order valence-corrected chi connectivity index (χ2v) is 7.32. The van der Waals surface area contributed by atoms with Crippen LogP contribution in [-0.2, 0) is 11.2 Å². The van der Waals surface area contributed by atoms with Crippen molar-refractivity contribution < 1.29 is 14.9 Å². The van der Waals surface area contributed by atoms with Gasteiger partial charge in [-0.25, -0.2) is 0 Å². The van der Waals surface area contributed by atoms with Crippen LogP contribution in [0.5, 0.6) is 0 Å². The molecular weight excluding hydrogens is 368 g/mol. The minimum atomic E-state index is -1.77. The first-order chi connectivity index (χ1) is 13.8. The maximum atomic E-state index is 12.0. The van der Waals surface area contributed by atoms with E-state index in [2.05, 4.69) is 9.98 Å². The van der Waals surface area contributed by atoms with E-state index in [1.54, 1.807) is 0 Å². The molecule has 6 heteroatoms. The minimum Gasteiger partial charge on any atom is -0.363 e. The van der Waals surface area contributed by atoms with Gasteiger partial charge >= 0.3 is 0 Å². The number of aliphatic hydroxyl groups excluding tert-OH is 1. The van der Waals surface area contributed by atoms with Crippen molar-refractivity contribution in [3.05, 3.63) is 81.6 Å². The molecule has 3 N–H and O–H groups in total. The molecule has 0 bridgehead atoms. The highest BCUT2D eigenvalue weighted by Crippen LogP contribution is 2.23. The summed E-state index contributed by atoms with van der Waals surface area (Å²) in [6.07, 6.45) is -2.44. The molecule has 152 valence electrons. The number of aliphatic imine (C=N–C) groups is 1. The molecule has 1 unspecified atom stereocenters. The smallest absolute Gasteiger partial charge is 0.248 e. The van der Waals surface area contributed by atoms with Crippen LogP contribution < -0.4 is 5.56 Å². The largest absolute Gasteiger partial charge is 0.363 e. The van der Waals surface area contributed by atoms with Crippen LogP contribution in [-0.4, -0.2) is 33.3 Å². The highest BCUT2D eigenvalue weighted by molar-refractivity contribution is 5.93. The molecule has 29 heavy (non-hydrogen) atoms. The van der Waals surface area contributed by atoms with Gasteiger partial charge in [0.1, 0.15) is 0 Å². The van der Waals surface area contributed by atoms with Gasteiger partial charge in [-0.2, -0.15) is 0 Å². The summed E-state index contributed by atoms with van der Waals surface area (Å²) in [5.41, 5.74) is 3.17. The molecule has 0 aliphatic heterocycles. The monoisotopic (exact) mass is 394 g/mol. The van der Waals surface area contributed by atoms with E-state index in [4.69, 9.17) is 4.74 Å². The maximum absolute atomic E-state index is 12.0. The molecule has 3 rings (SSSR count). The molecular formula is C23H26N2O4. The molecule has 0 spiro atoms. The van der Waals surface area contributed by atoms with Crippen molar-refractivity contribution in [2.75, 3.05) is 0 Å². The Morgan fingerprint density at radius 2 is 1.79 bits per heavy atom. The zero-order valence-corrected chi connectivity index (χ0v) is 16.8. The zero-order chi connectivity index (χ0) is 21.0. The number of rotatable bonds is 7. The van der Waals surface area contributed by atoms with E-state index in [0.717, 1.165) is 16.5 Å². The first-order valence-electron chi connectivity index (χ1n) is 9.59. The lowest BCUT2D eigenvalue weighted by atomic mass is 10.0. The van der Waals surface area contributed by atoms with Crippen LogP contribution in [0.1, 0.15) is 36.8 Å². The Hall–Kier alpha value is -2.80. The van der Waals surface area contributed by atoms with Crippen molar-refractivity contribution in [1.82, 2.24) is 4.98 Å². The number of nitrogens with one attached hydrogen (secondary N) is 1. The number of fused-ring (bicyclic) bond motifs is 1. The number of benzene rings is 2. The number of aliphatic hydroxyl groups is 2. The Morgan fingerprint density at radius 1 is 1.10 bits per heavy atom. The summed E-state index contributed by atoms with van der Waals surface area (Å²) in [5.74, 6) is 0. The lowest BCUT2D eigenvalue weighted by Crippen LogP contribution is -2.25. The Morgan fingerprint density at radius 3 is 2.45 bits per heavy atom. The Bertz CT molecular complexity index is 1050. The van der Waals surface area contributed by atoms with Crippen LogP contribution in [0.3, 0.4) is 0 Å². The summed E-state index contributed by atoms with van der Waals surface area (Å²) in [6.45, 7) is 5.79. The minimum absolute atomic E-state index is 0.109. The fraction of sp³-hybridized carbons (Fsp3) is 0.304. The first kappa shape index (κ1) is 20.9. The Labute approximate surface area is 169 Å². The molecule has 3 aromatic rings. The second-order valence-electron chi connectivity index (χ2n) is 7.32. The van der Waals surface area contributed by atoms with Crippen LogP contribution in [0.2, 0.25) is 0 Å². The quantitative estimate of drug-likeness (QED) is 0.423. The SMILES string of the molecule is Cc1ccc(C(N=C(Cc2cc(=O)[nH]c3ccccc23)C(O)O)OC(C)C)cc1. The van der Waals surface area contributed by atoms with Gasteiger partial charge in [0, 0.05) is 29.0 Å². The molecule has 0 saturated heterocycles. The number of hydrogen-bond acceptors (Lipinski definition) is 5. The summed E-state index contributed by atoms with van der Waals surface area (Å²) < 4.78 is 5.93. The molecule has 0 amide bonds. The van der Waals surface area contributed by atoms with E-state index in [-0.39, 0.29) is 23.8 Å². The standard InChI is InChI=1S/C23H26N2O4/c1-14(2)29-22(16-10-8-15(3)9-11-16)25-20(23(27)28)12-17-13-21(26)24-19-7-5-4-6-18(17)19/h4-11,13-14,22-23,27-28H,12H2,1-3H3,(H,24,26). The average molecular weight is 394 g/mol. The molecule has 6 nitrogen and oxygen atoms in total. The van der Waals surface area contributed by atoms with Gasteiger partial charge in [0.25, 0.3) is 0 Å². The van der Waals surface area contributed by atoms with E-state index in [0.29, 0.717) is 11.1 Å². The van der Waals surface area contributed by atoms with Crippen LogP contribution in [0, 0.1) is 6.92 Å². The van der Waals surface area contributed by atoms with Crippen molar-refractivity contribution in [2.24, 2.45) is 4.99 Å². The van der Waals surface area contributed by atoms with Crippen molar-refractivity contribution in [3.8, 4) is 0 Å². The lowest BCUT2D eigenvalue weighted by molar-refractivity contribution is 0.000846. The third-order valence-electron chi connectivity index (χ3n) is 4.55. The van der Waals surface area contributed by atoms with Gasteiger partial charge in [-0.05, 0) is 32.4 Å². The molecule has 1 heterocycles. The van der Waals surface area contributed by atoms with Gasteiger partial charge < -0.3 is 19.9 Å². The molecule has 0 saturated carbocycles. The van der Waals surface area contributed by atoms with E-state index >= 15 is 0 Å². The molecule has 1 atom stereocenters. The van der Waals surface area contributed by atoms with Crippen molar-refractivity contribution in [1.29, 1.82) is 0 Å². The number of aromatic nitrogens is 1. The number of nitrogens with zero attached hydrogens (tertiary/aromatic N) is 1.